The van der Waals surface area contributed by atoms with Crippen LogP contribution in [0, 0.1) is 5.82 Å². The Labute approximate surface area is 86.9 Å². The third kappa shape index (κ3) is 2.92. The molecule has 0 saturated heterocycles. The number of benzene rings is 1. The van der Waals surface area contributed by atoms with Crippen LogP contribution in [0.25, 0.3) is 0 Å². The van der Waals surface area contributed by atoms with Gasteiger partial charge < -0.3 is 16.2 Å². The molecule has 0 unspecified atom stereocenters. The summed E-state index contributed by atoms with van der Waals surface area (Å²) in [5.74, 6) is -0.909. The molecule has 0 bridgehead atoms. The first-order valence-electron chi connectivity index (χ1n) is 4.51. The van der Waals surface area contributed by atoms with Crippen LogP contribution < -0.4 is 11.1 Å². The Balaban J connectivity index is 2.82. The molecule has 0 saturated carbocycles. The molecule has 0 aliphatic rings. The van der Waals surface area contributed by atoms with Gasteiger partial charge in [-0.05, 0) is 25.1 Å². The number of carbonyl (C=O) groups is 1. The molecule has 0 aromatic heterocycles. The van der Waals surface area contributed by atoms with Gasteiger partial charge in [0, 0.05) is 11.7 Å². The molecule has 1 atom stereocenters. The van der Waals surface area contributed by atoms with Gasteiger partial charge in [-0.1, -0.05) is 0 Å². The molecule has 1 amide bonds. The number of halogens is 1. The zero-order valence-corrected chi connectivity index (χ0v) is 8.33. The summed E-state index contributed by atoms with van der Waals surface area (Å²) in [5.41, 5.74) is 5.76. The van der Waals surface area contributed by atoms with Gasteiger partial charge in [-0.25, -0.2) is 4.39 Å². The highest BCUT2D eigenvalue weighted by atomic mass is 19.1. The lowest BCUT2D eigenvalue weighted by Crippen LogP contribution is -2.35. The third-order valence-electron chi connectivity index (χ3n) is 1.91. The molecular formula is C10H13FN2O2. The van der Waals surface area contributed by atoms with E-state index in [1.807, 2.05) is 0 Å². The minimum absolute atomic E-state index is 0.0811. The van der Waals surface area contributed by atoms with Crippen molar-refractivity contribution in [3.8, 4) is 0 Å². The maximum Gasteiger partial charge on any atom is 0.253 e. The number of aliphatic hydroxyl groups is 1. The van der Waals surface area contributed by atoms with E-state index in [1.54, 1.807) is 6.92 Å². The summed E-state index contributed by atoms with van der Waals surface area (Å²) >= 11 is 0. The van der Waals surface area contributed by atoms with Crippen molar-refractivity contribution < 1.29 is 14.3 Å². The molecule has 0 fully saturated rings. The van der Waals surface area contributed by atoms with Crippen molar-refractivity contribution in [2.45, 2.75) is 13.0 Å². The standard InChI is InChI=1S/C10H13FN2O2/c1-6(5-14)13-10(15)8-3-2-7(11)4-9(8)12/h2-4,6,14H,5,12H2,1H3,(H,13,15)/t6-/m0/s1. The van der Waals surface area contributed by atoms with E-state index in [9.17, 15) is 9.18 Å². The van der Waals surface area contributed by atoms with Crippen LogP contribution in [0.3, 0.4) is 0 Å². The zero-order chi connectivity index (χ0) is 11.4. The molecule has 82 valence electrons. The van der Waals surface area contributed by atoms with E-state index in [0.29, 0.717) is 0 Å². The van der Waals surface area contributed by atoms with Gasteiger partial charge in [0.2, 0.25) is 0 Å². The number of nitrogens with two attached hydrogens (primary N) is 1. The molecule has 1 rings (SSSR count). The van der Waals surface area contributed by atoms with Crippen molar-refractivity contribution in [1.82, 2.24) is 5.32 Å². The second kappa shape index (κ2) is 4.75. The fourth-order valence-corrected chi connectivity index (χ4v) is 1.09. The number of anilines is 1. The topological polar surface area (TPSA) is 75.3 Å². The lowest BCUT2D eigenvalue weighted by atomic mass is 10.1. The fourth-order valence-electron chi connectivity index (χ4n) is 1.09. The number of nitrogens with one attached hydrogen (secondary N) is 1. The molecule has 0 aliphatic heterocycles. The number of carbonyl (C=O) groups excluding carboxylic acids is 1. The van der Waals surface area contributed by atoms with Gasteiger partial charge in [-0.15, -0.1) is 0 Å². The summed E-state index contributed by atoms with van der Waals surface area (Å²) in [4.78, 5) is 11.5. The Hall–Kier alpha value is -1.62. The highest BCUT2D eigenvalue weighted by Crippen LogP contribution is 2.13. The van der Waals surface area contributed by atoms with Crippen molar-refractivity contribution in [3.63, 3.8) is 0 Å². The first kappa shape index (κ1) is 11.5. The van der Waals surface area contributed by atoms with Gasteiger partial charge in [-0.2, -0.15) is 0 Å². The summed E-state index contributed by atoms with van der Waals surface area (Å²) in [6, 6.07) is 3.19. The molecule has 1 aromatic rings. The van der Waals surface area contributed by atoms with Crippen LogP contribution in [-0.4, -0.2) is 23.7 Å². The summed E-state index contributed by atoms with van der Waals surface area (Å²) in [5, 5.41) is 11.3. The molecule has 1 aromatic carbocycles. The van der Waals surface area contributed by atoms with Crippen LogP contribution in [0.4, 0.5) is 10.1 Å². The first-order chi connectivity index (χ1) is 7.04. The van der Waals surface area contributed by atoms with Gasteiger partial charge in [0.15, 0.2) is 0 Å². The Morgan fingerprint density at radius 2 is 2.33 bits per heavy atom. The van der Waals surface area contributed by atoms with E-state index in [2.05, 4.69) is 5.32 Å². The monoisotopic (exact) mass is 212 g/mol. The highest BCUT2D eigenvalue weighted by molar-refractivity contribution is 5.99. The van der Waals surface area contributed by atoms with Crippen LogP contribution in [0.2, 0.25) is 0 Å². The minimum Gasteiger partial charge on any atom is -0.398 e. The molecule has 0 aliphatic carbocycles. The number of hydrogen-bond donors (Lipinski definition) is 3. The average molecular weight is 212 g/mol. The maximum atomic E-state index is 12.7. The van der Waals surface area contributed by atoms with E-state index in [4.69, 9.17) is 10.8 Å². The number of nitrogen functional groups attached to an aromatic ring is 1. The third-order valence-corrected chi connectivity index (χ3v) is 1.91. The van der Waals surface area contributed by atoms with E-state index < -0.39 is 11.7 Å². The summed E-state index contributed by atoms with van der Waals surface area (Å²) in [6.07, 6.45) is 0. The van der Waals surface area contributed by atoms with E-state index in [-0.39, 0.29) is 23.9 Å². The van der Waals surface area contributed by atoms with E-state index in [0.717, 1.165) is 12.1 Å². The van der Waals surface area contributed by atoms with Gasteiger partial charge >= 0.3 is 0 Å². The van der Waals surface area contributed by atoms with Crippen LogP contribution in [-0.2, 0) is 0 Å². The lowest BCUT2D eigenvalue weighted by Gasteiger charge is -2.11. The molecule has 0 radical (unpaired) electrons. The Kier molecular flexibility index (Phi) is 3.62. The fraction of sp³-hybridized carbons (Fsp3) is 0.300. The van der Waals surface area contributed by atoms with Gasteiger partial charge in [0.1, 0.15) is 5.82 Å². The Morgan fingerprint density at radius 1 is 1.67 bits per heavy atom. The maximum absolute atomic E-state index is 12.7. The summed E-state index contributed by atoms with van der Waals surface area (Å²) < 4.78 is 12.7. The second-order valence-corrected chi connectivity index (χ2v) is 3.29. The average Bonchev–Trinajstić information content (AvgIpc) is 2.17. The largest absolute Gasteiger partial charge is 0.398 e. The SMILES string of the molecule is C[C@@H](CO)NC(=O)c1ccc(F)cc1N. The molecule has 4 N–H and O–H groups in total. The Morgan fingerprint density at radius 3 is 2.87 bits per heavy atom. The quantitative estimate of drug-likeness (QED) is 0.639. The molecule has 4 nitrogen and oxygen atoms in total. The zero-order valence-electron chi connectivity index (χ0n) is 8.33. The van der Waals surface area contributed by atoms with Crippen LogP contribution in [0.1, 0.15) is 17.3 Å². The van der Waals surface area contributed by atoms with Crippen LogP contribution in [0.15, 0.2) is 18.2 Å². The predicted molar refractivity (Wildman–Crippen MR) is 54.8 cm³/mol. The molecular weight excluding hydrogens is 199 g/mol. The molecule has 0 heterocycles. The normalized spacial score (nSPS) is 12.2. The predicted octanol–water partition coefficient (Wildman–Crippen LogP) is 0.519. The second-order valence-electron chi connectivity index (χ2n) is 3.29. The Bertz CT molecular complexity index is 368. The van der Waals surface area contributed by atoms with Crippen molar-refractivity contribution in [3.05, 3.63) is 29.6 Å². The number of aliphatic hydroxyl groups excluding tert-OH is 1. The summed E-state index contributed by atoms with van der Waals surface area (Å²) in [6.45, 7) is 1.49. The van der Waals surface area contributed by atoms with E-state index in [1.165, 1.54) is 6.07 Å². The minimum atomic E-state index is -0.487. The molecule has 0 spiro atoms. The molecule has 15 heavy (non-hydrogen) atoms. The number of rotatable bonds is 3. The van der Waals surface area contributed by atoms with E-state index >= 15 is 0 Å². The van der Waals surface area contributed by atoms with Crippen molar-refractivity contribution in [2.24, 2.45) is 0 Å². The van der Waals surface area contributed by atoms with Gasteiger partial charge in [-0.3, -0.25) is 4.79 Å². The van der Waals surface area contributed by atoms with Crippen molar-refractivity contribution in [1.29, 1.82) is 0 Å². The van der Waals surface area contributed by atoms with Crippen LogP contribution in [0.5, 0.6) is 0 Å². The van der Waals surface area contributed by atoms with Crippen molar-refractivity contribution in [2.75, 3.05) is 12.3 Å². The van der Waals surface area contributed by atoms with Gasteiger partial charge in [0.25, 0.3) is 5.91 Å². The summed E-state index contributed by atoms with van der Waals surface area (Å²) in [7, 11) is 0. The first-order valence-corrected chi connectivity index (χ1v) is 4.51. The van der Waals surface area contributed by atoms with Crippen LogP contribution >= 0.6 is 0 Å². The number of hydrogen-bond acceptors (Lipinski definition) is 3. The highest BCUT2D eigenvalue weighted by Gasteiger charge is 2.12. The smallest absolute Gasteiger partial charge is 0.253 e. The molecule has 5 heteroatoms. The number of amides is 1. The van der Waals surface area contributed by atoms with Gasteiger partial charge in [0.05, 0.1) is 12.2 Å². The van der Waals surface area contributed by atoms with Crippen molar-refractivity contribution >= 4 is 11.6 Å². The lowest BCUT2D eigenvalue weighted by molar-refractivity contribution is 0.0923.